The van der Waals surface area contributed by atoms with E-state index in [9.17, 15) is 4.79 Å². The monoisotopic (exact) mass is 220 g/mol. The van der Waals surface area contributed by atoms with Gasteiger partial charge in [0.15, 0.2) is 0 Å². The lowest BCUT2D eigenvalue weighted by Crippen LogP contribution is -2.14. The molecular formula is C11H12N2O3. The third kappa shape index (κ3) is 3.45. The third-order valence-electron chi connectivity index (χ3n) is 1.82. The van der Waals surface area contributed by atoms with E-state index in [-0.39, 0.29) is 5.90 Å². The minimum atomic E-state index is -1.24. The van der Waals surface area contributed by atoms with Crippen molar-refractivity contribution in [3.63, 3.8) is 0 Å². The highest BCUT2D eigenvalue weighted by Crippen LogP contribution is 2.04. The molecule has 3 N–H and O–H groups in total. The normalized spacial score (nSPS) is 10.9. The van der Waals surface area contributed by atoms with Gasteiger partial charge in [-0.3, -0.25) is 0 Å². The highest BCUT2D eigenvalue weighted by atomic mass is 16.5. The highest BCUT2D eigenvalue weighted by molar-refractivity contribution is 5.89. The lowest BCUT2D eigenvalue weighted by Gasteiger charge is -2.07. The molecule has 1 aromatic carbocycles. The Kier molecular flexibility index (Phi) is 4.08. The number of ether oxygens (including phenoxy) is 1. The summed E-state index contributed by atoms with van der Waals surface area (Å²) in [7, 11) is 0. The number of hydrogen-bond acceptors (Lipinski definition) is 4. The van der Waals surface area contributed by atoms with Crippen LogP contribution in [0.15, 0.2) is 47.8 Å². The van der Waals surface area contributed by atoms with Crippen molar-refractivity contribution >= 4 is 11.9 Å². The second-order valence-electron chi connectivity index (χ2n) is 3.02. The second kappa shape index (κ2) is 5.55. The van der Waals surface area contributed by atoms with Gasteiger partial charge in [0.05, 0.1) is 6.42 Å². The molecule has 1 aromatic rings. The summed E-state index contributed by atoms with van der Waals surface area (Å²) in [6, 6.07) is 9.31. The van der Waals surface area contributed by atoms with E-state index < -0.39 is 11.7 Å². The lowest BCUT2D eigenvalue weighted by atomic mass is 10.1. The summed E-state index contributed by atoms with van der Waals surface area (Å²) >= 11 is 0. The number of aliphatic carboxylic acids is 1. The number of hydrazone groups is 1. The predicted molar refractivity (Wildman–Crippen MR) is 59.6 cm³/mol. The molecule has 0 spiro atoms. The number of rotatable bonds is 4. The zero-order valence-electron chi connectivity index (χ0n) is 8.59. The molecule has 0 heterocycles. The summed E-state index contributed by atoms with van der Waals surface area (Å²) < 4.78 is 4.90. The van der Waals surface area contributed by atoms with Crippen LogP contribution in [0, 0.1) is 0 Å². The van der Waals surface area contributed by atoms with Crippen LogP contribution < -0.4 is 5.84 Å². The number of nitrogens with zero attached hydrogens (tertiary/aromatic N) is 1. The average molecular weight is 220 g/mol. The molecule has 0 aliphatic carbocycles. The molecule has 5 nitrogen and oxygen atoms in total. The number of carboxylic acids is 1. The van der Waals surface area contributed by atoms with Crippen molar-refractivity contribution in [1.82, 2.24) is 0 Å². The van der Waals surface area contributed by atoms with E-state index in [1.54, 1.807) is 0 Å². The van der Waals surface area contributed by atoms with E-state index in [1.165, 1.54) is 0 Å². The van der Waals surface area contributed by atoms with Gasteiger partial charge in [0.2, 0.25) is 11.7 Å². The molecule has 84 valence electrons. The van der Waals surface area contributed by atoms with Crippen LogP contribution in [0.3, 0.4) is 0 Å². The van der Waals surface area contributed by atoms with Gasteiger partial charge in [0.25, 0.3) is 0 Å². The van der Waals surface area contributed by atoms with E-state index in [4.69, 9.17) is 15.7 Å². The summed E-state index contributed by atoms with van der Waals surface area (Å²) in [5.74, 6) is 3.56. The number of nitrogens with two attached hydrogens (primary N) is 1. The minimum absolute atomic E-state index is 0.110. The zero-order chi connectivity index (χ0) is 12.0. The Hall–Kier alpha value is -2.30. The van der Waals surface area contributed by atoms with Gasteiger partial charge in [0.1, 0.15) is 0 Å². The Bertz CT molecular complexity index is 412. The molecule has 0 saturated heterocycles. The van der Waals surface area contributed by atoms with Gasteiger partial charge >= 0.3 is 5.97 Å². The smallest absolute Gasteiger partial charge is 0.371 e. The molecule has 0 aliphatic heterocycles. The Balaban J connectivity index is 2.64. The number of hydrogen-bond donors (Lipinski definition) is 2. The van der Waals surface area contributed by atoms with Crippen molar-refractivity contribution in [1.29, 1.82) is 0 Å². The van der Waals surface area contributed by atoms with Gasteiger partial charge < -0.3 is 15.7 Å². The van der Waals surface area contributed by atoms with Crippen LogP contribution in [0.1, 0.15) is 5.56 Å². The zero-order valence-corrected chi connectivity index (χ0v) is 8.59. The van der Waals surface area contributed by atoms with E-state index in [2.05, 4.69) is 11.7 Å². The topological polar surface area (TPSA) is 84.9 Å². The fourth-order valence-corrected chi connectivity index (χ4v) is 1.06. The average Bonchev–Trinajstić information content (AvgIpc) is 2.29. The fourth-order valence-electron chi connectivity index (χ4n) is 1.06. The second-order valence-corrected chi connectivity index (χ2v) is 3.02. The minimum Gasteiger partial charge on any atom is -0.475 e. The Morgan fingerprint density at radius 3 is 2.56 bits per heavy atom. The van der Waals surface area contributed by atoms with E-state index >= 15 is 0 Å². The van der Waals surface area contributed by atoms with Gasteiger partial charge in [-0.1, -0.05) is 30.3 Å². The van der Waals surface area contributed by atoms with Crippen LogP contribution >= 0.6 is 0 Å². The van der Waals surface area contributed by atoms with Crippen molar-refractivity contribution in [2.45, 2.75) is 6.42 Å². The predicted octanol–water partition coefficient (Wildman–Crippen LogP) is 1.12. The molecule has 0 fully saturated rings. The Morgan fingerprint density at radius 1 is 1.44 bits per heavy atom. The van der Waals surface area contributed by atoms with Crippen molar-refractivity contribution in [3.05, 3.63) is 48.2 Å². The summed E-state index contributed by atoms with van der Waals surface area (Å²) in [6.07, 6.45) is 0.323. The summed E-state index contributed by atoms with van der Waals surface area (Å²) in [4.78, 5) is 10.5. The standard InChI is InChI=1S/C11H12N2O3/c1-8(11(14)15)16-10(13-12)7-9-5-3-2-4-6-9/h2-6H,1,7,12H2,(H,14,15)/b13-10-. The fraction of sp³-hybridized carbons (Fsp3) is 0.0909. The van der Waals surface area contributed by atoms with Crippen LogP contribution in [0.25, 0.3) is 0 Å². The van der Waals surface area contributed by atoms with Crippen LogP contribution in [0.4, 0.5) is 0 Å². The number of benzene rings is 1. The summed E-state index contributed by atoms with van der Waals surface area (Å²) in [5.41, 5.74) is 0.921. The number of carbonyl (C=O) groups is 1. The SMILES string of the molecule is C=C(O/C(Cc1ccccc1)=N\N)C(=O)O. The van der Waals surface area contributed by atoms with Gasteiger partial charge in [-0.05, 0) is 12.1 Å². The van der Waals surface area contributed by atoms with E-state index in [0.717, 1.165) is 5.56 Å². The molecule has 1 rings (SSSR count). The van der Waals surface area contributed by atoms with E-state index in [1.807, 2.05) is 30.3 Å². The first-order chi connectivity index (χ1) is 7.63. The molecule has 0 aromatic heterocycles. The van der Waals surface area contributed by atoms with Crippen molar-refractivity contribution in [2.75, 3.05) is 0 Å². The van der Waals surface area contributed by atoms with Gasteiger partial charge in [0, 0.05) is 0 Å². The molecular weight excluding hydrogens is 208 g/mol. The van der Waals surface area contributed by atoms with Crippen molar-refractivity contribution < 1.29 is 14.6 Å². The van der Waals surface area contributed by atoms with Crippen LogP contribution in [-0.2, 0) is 16.0 Å². The third-order valence-corrected chi connectivity index (χ3v) is 1.82. The summed E-state index contributed by atoms with van der Waals surface area (Å²) in [5, 5.41) is 11.9. The van der Waals surface area contributed by atoms with Gasteiger partial charge in [-0.25, -0.2) is 4.79 Å². The molecule has 5 heteroatoms. The highest BCUT2D eigenvalue weighted by Gasteiger charge is 2.10. The molecule has 0 unspecified atom stereocenters. The maximum atomic E-state index is 10.5. The molecule has 0 atom stereocenters. The quantitative estimate of drug-likeness (QED) is 0.199. The Labute approximate surface area is 92.8 Å². The van der Waals surface area contributed by atoms with E-state index in [0.29, 0.717) is 6.42 Å². The molecule has 0 bridgehead atoms. The maximum Gasteiger partial charge on any atom is 0.371 e. The van der Waals surface area contributed by atoms with Crippen LogP contribution in [0.2, 0.25) is 0 Å². The first-order valence-electron chi connectivity index (χ1n) is 4.54. The summed E-state index contributed by atoms with van der Waals surface area (Å²) in [6.45, 7) is 3.23. The molecule has 16 heavy (non-hydrogen) atoms. The first-order valence-corrected chi connectivity index (χ1v) is 4.54. The van der Waals surface area contributed by atoms with Gasteiger partial charge in [-0.15, -0.1) is 5.10 Å². The van der Waals surface area contributed by atoms with Crippen LogP contribution in [0.5, 0.6) is 0 Å². The number of carboxylic acid groups (broad SMARTS) is 1. The van der Waals surface area contributed by atoms with Gasteiger partial charge in [-0.2, -0.15) is 0 Å². The molecule has 0 amide bonds. The molecule has 0 saturated carbocycles. The van der Waals surface area contributed by atoms with Crippen LogP contribution in [-0.4, -0.2) is 17.0 Å². The van der Waals surface area contributed by atoms with Crippen molar-refractivity contribution in [2.24, 2.45) is 10.9 Å². The molecule has 0 aliphatic rings. The molecule has 0 radical (unpaired) electrons. The van der Waals surface area contributed by atoms with Crippen molar-refractivity contribution in [3.8, 4) is 0 Å². The maximum absolute atomic E-state index is 10.5. The largest absolute Gasteiger partial charge is 0.475 e. The Morgan fingerprint density at radius 2 is 2.06 bits per heavy atom. The first kappa shape index (κ1) is 11.8. The lowest BCUT2D eigenvalue weighted by molar-refractivity contribution is -0.135.